The van der Waals surface area contributed by atoms with Crippen LogP contribution in [0.15, 0.2) is 10.9 Å². The molecule has 2 aliphatic rings. The van der Waals surface area contributed by atoms with Crippen molar-refractivity contribution in [3.63, 3.8) is 0 Å². The highest BCUT2D eigenvalue weighted by Gasteiger charge is 2.47. The molecule has 1 aliphatic carbocycles. The molecular formula is C24H37N9O6. The van der Waals surface area contributed by atoms with Crippen molar-refractivity contribution in [2.45, 2.75) is 102 Å². The first-order chi connectivity index (χ1) is 18.8. The van der Waals surface area contributed by atoms with Crippen LogP contribution in [0, 0.1) is 6.92 Å². The summed E-state index contributed by atoms with van der Waals surface area (Å²) in [5, 5.41) is 39.2. The van der Waals surface area contributed by atoms with Gasteiger partial charge in [-0.1, -0.05) is 19.0 Å². The van der Waals surface area contributed by atoms with E-state index in [-0.39, 0.29) is 30.5 Å². The number of rotatable bonds is 8. The van der Waals surface area contributed by atoms with E-state index in [1.165, 1.54) is 0 Å². The van der Waals surface area contributed by atoms with E-state index in [0.29, 0.717) is 28.8 Å². The molecule has 0 radical (unpaired) electrons. The van der Waals surface area contributed by atoms with Crippen molar-refractivity contribution >= 4 is 29.4 Å². The largest absolute Gasteiger partial charge is 0.483 e. The van der Waals surface area contributed by atoms with Crippen LogP contribution >= 0.6 is 0 Å². The first-order valence-electron chi connectivity index (χ1n) is 13.2. The Balaban J connectivity index is 0.00000112. The van der Waals surface area contributed by atoms with Crippen LogP contribution in [0.3, 0.4) is 0 Å². The van der Waals surface area contributed by atoms with Crippen molar-refractivity contribution < 1.29 is 29.4 Å². The van der Waals surface area contributed by atoms with E-state index in [9.17, 15) is 10.2 Å². The zero-order valence-electron chi connectivity index (χ0n) is 22.3. The standard InChI is InChI=1S/C23H35N9O4.CH2O2/c1-4-13(5-2)27-19-15-20(30-23(29-19)28-14-8-6-12(24)7-9-14)32(10-25-15)22-17(34)16(33)18(35-22)21-26-11(3)31-36-21;2-1-3/h10,12-14,16-18,22,33-34H,4-9,24H2,1-3H3,(H2,27,28,29,30);1H,(H,2,3)/t12?,14?,16-,17+,18-,22+;/m0./s1. The number of hydrogen-bond donors (Lipinski definition) is 6. The molecule has 4 atom stereocenters. The smallest absolute Gasteiger partial charge is 0.290 e. The van der Waals surface area contributed by atoms with Crippen LogP contribution < -0.4 is 16.4 Å². The molecule has 7 N–H and O–H groups in total. The van der Waals surface area contributed by atoms with Crippen LogP contribution in [0.4, 0.5) is 11.8 Å². The van der Waals surface area contributed by atoms with E-state index in [1.54, 1.807) is 17.8 Å². The number of nitrogens with one attached hydrogen (secondary N) is 2. The fourth-order valence-corrected chi connectivity index (χ4v) is 4.92. The fraction of sp³-hybridized carbons (Fsp3) is 0.667. The highest BCUT2D eigenvalue weighted by Crippen LogP contribution is 2.39. The first kappa shape index (κ1) is 28.6. The molecule has 1 saturated heterocycles. The highest BCUT2D eigenvalue weighted by atomic mass is 16.6. The van der Waals surface area contributed by atoms with Gasteiger partial charge in [0.15, 0.2) is 35.1 Å². The molecule has 0 unspecified atom stereocenters. The average Bonchev–Trinajstić information content (AvgIpc) is 3.62. The summed E-state index contributed by atoms with van der Waals surface area (Å²) in [6.07, 6.45) is 2.72. The Kier molecular flexibility index (Phi) is 9.27. The first-order valence-corrected chi connectivity index (χ1v) is 13.2. The number of carboxylic acid groups (broad SMARTS) is 1. The number of imidazole rings is 1. The normalized spacial score (nSPS) is 26.8. The maximum absolute atomic E-state index is 10.9. The van der Waals surface area contributed by atoms with E-state index in [1.807, 2.05) is 0 Å². The topological polar surface area (TPSA) is 220 Å². The summed E-state index contributed by atoms with van der Waals surface area (Å²) >= 11 is 0. The van der Waals surface area contributed by atoms with Gasteiger partial charge in [-0.05, 0) is 45.4 Å². The van der Waals surface area contributed by atoms with Crippen LogP contribution in [0.5, 0.6) is 0 Å². The second kappa shape index (κ2) is 12.6. The lowest BCUT2D eigenvalue weighted by molar-refractivity contribution is -0.122. The van der Waals surface area contributed by atoms with E-state index in [0.717, 1.165) is 38.5 Å². The third kappa shape index (κ3) is 6.27. The number of nitrogens with two attached hydrogens (primary N) is 1. The fourth-order valence-electron chi connectivity index (χ4n) is 4.92. The summed E-state index contributed by atoms with van der Waals surface area (Å²) in [5.74, 6) is 1.60. The molecule has 0 bridgehead atoms. The predicted octanol–water partition coefficient (Wildman–Crippen LogP) is 1.49. The molecular weight excluding hydrogens is 510 g/mol. The maximum Gasteiger partial charge on any atom is 0.290 e. The van der Waals surface area contributed by atoms with E-state index in [4.69, 9.17) is 34.9 Å². The lowest BCUT2D eigenvalue weighted by Crippen LogP contribution is -2.33. The van der Waals surface area contributed by atoms with Crippen molar-refractivity contribution in [3.05, 3.63) is 18.0 Å². The van der Waals surface area contributed by atoms with Gasteiger partial charge in [0, 0.05) is 18.1 Å². The summed E-state index contributed by atoms with van der Waals surface area (Å²) in [6, 6.07) is 0.678. The maximum atomic E-state index is 10.9. The van der Waals surface area contributed by atoms with Gasteiger partial charge >= 0.3 is 0 Å². The second-order valence-electron chi connectivity index (χ2n) is 9.85. The van der Waals surface area contributed by atoms with Crippen molar-refractivity contribution in [2.75, 3.05) is 10.6 Å². The van der Waals surface area contributed by atoms with Crippen LogP contribution in [-0.2, 0) is 9.53 Å². The van der Waals surface area contributed by atoms with Gasteiger partial charge in [0.25, 0.3) is 12.4 Å². The number of hydrogen-bond acceptors (Lipinski definition) is 13. The number of anilines is 2. The van der Waals surface area contributed by atoms with Crippen LogP contribution in [-0.4, -0.2) is 81.8 Å². The molecule has 2 fully saturated rings. The number of nitrogens with zero attached hydrogens (tertiary/aromatic N) is 6. The van der Waals surface area contributed by atoms with Gasteiger partial charge in [0.2, 0.25) is 5.95 Å². The lowest BCUT2D eigenvalue weighted by Gasteiger charge is -2.27. The van der Waals surface area contributed by atoms with Gasteiger partial charge in [0.05, 0.1) is 6.33 Å². The molecule has 15 nitrogen and oxygen atoms in total. The predicted molar refractivity (Wildman–Crippen MR) is 140 cm³/mol. The van der Waals surface area contributed by atoms with Gasteiger partial charge in [-0.3, -0.25) is 9.36 Å². The Morgan fingerprint density at radius 1 is 1.15 bits per heavy atom. The van der Waals surface area contributed by atoms with Gasteiger partial charge in [-0.2, -0.15) is 15.0 Å². The van der Waals surface area contributed by atoms with E-state index in [2.05, 4.69) is 39.6 Å². The summed E-state index contributed by atoms with van der Waals surface area (Å²) < 4.78 is 12.8. The van der Waals surface area contributed by atoms with Gasteiger partial charge < -0.3 is 40.9 Å². The minimum atomic E-state index is -1.26. The van der Waals surface area contributed by atoms with Crippen molar-refractivity contribution in [3.8, 4) is 0 Å². The summed E-state index contributed by atoms with van der Waals surface area (Å²) in [7, 11) is 0. The zero-order chi connectivity index (χ0) is 28.1. The highest BCUT2D eigenvalue weighted by molar-refractivity contribution is 5.84. The molecule has 1 saturated carbocycles. The van der Waals surface area contributed by atoms with Gasteiger partial charge in [-0.15, -0.1) is 0 Å². The van der Waals surface area contributed by atoms with Crippen LogP contribution in [0.25, 0.3) is 11.2 Å². The summed E-state index contributed by atoms with van der Waals surface area (Å²) in [4.78, 5) is 26.6. The quantitative estimate of drug-likeness (QED) is 0.220. The minimum absolute atomic E-state index is 0.106. The zero-order valence-corrected chi connectivity index (χ0v) is 22.3. The third-order valence-corrected chi connectivity index (χ3v) is 7.15. The molecule has 3 aromatic heterocycles. The number of aliphatic hydroxyl groups excluding tert-OH is 2. The molecule has 0 amide bonds. The molecule has 39 heavy (non-hydrogen) atoms. The molecule has 0 aromatic carbocycles. The number of fused-ring (bicyclic) bond motifs is 1. The Morgan fingerprint density at radius 2 is 1.85 bits per heavy atom. The minimum Gasteiger partial charge on any atom is -0.483 e. The van der Waals surface area contributed by atoms with Gasteiger partial charge in [0.1, 0.15) is 12.2 Å². The Hall–Kier alpha value is -3.40. The number of aryl methyl sites for hydroxylation is 1. The Morgan fingerprint density at radius 3 is 2.46 bits per heavy atom. The number of aliphatic hydroxyl groups is 2. The summed E-state index contributed by atoms with van der Waals surface area (Å²) in [5.41, 5.74) is 7.11. The van der Waals surface area contributed by atoms with Crippen molar-refractivity contribution in [1.29, 1.82) is 0 Å². The van der Waals surface area contributed by atoms with Gasteiger partial charge in [-0.25, -0.2) is 4.98 Å². The third-order valence-electron chi connectivity index (χ3n) is 7.15. The number of carbonyl (C=O) groups is 1. The second-order valence-corrected chi connectivity index (χ2v) is 9.85. The van der Waals surface area contributed by atoms with E-state index >= 15 is 0 Å². The average molecular weight is 548 g/mol. The van der Waals surface area contributed by atoms with Crippen LogP contribution in [0.1, 0.15) is 76.4 Å². The monoisotopic (exact) mass is 547 g/mol. The van der Waals surface area contributed by atoms with Crippen molar-refractivity contribution in [2.24, 2.45) is 5.73 Å². The SMILES string of the molecule is CCC(CC)Nc1nc(NC2CCC(N)CC2)nc2c1ncn2[C@@H]1O[C@H](c2nc(C)no2)[C@@H](O)[C@H]1O.O=CO. The molecule has 0 spiro atoms. The summed E-state index contributed by atoms with van der Waals surface area (Å²) in [6.45, 7) is 5.66. The Bertz CT molecular complexity index is 1220. The molecule has 15 heteroatoms. The lowest BCUT2D eigenvalue weighted by atomic mass is 9.92. The van der Waals surface area contributed by atoms with Crippen LogP contribution in [0.2, 0.25) is 0 Å². The molecule has 1 aliphatic heterocycles. The molecule has 3 aromatic rings. The molecule has 214 valence electrons. The molecule has 4 heterocycles. The Labute approximate surface area is 225 Å². The van der Waals surface area contributed by atoms with Crippen molar-refractivity contribution in [1.82, 2.24) is 29.7 Å². The number of aromatic nitrogens is 6. The number of ether oxygens (including phenoxy) is 1. The molecule has 5 rings (SSSR count). The van der Waals surface area contributed by atoms with E-state index < -0.39 is 24.5 Å².